The van der Waals surface area contributed by atoms with E-state index < -0.39 is 17.5 Å². The zero-order chi connectivity index (χ0) is 21.3. The van der Waals surface area contributed by atoms with Gasteiger partial charge in [0, 0.05) is 18.3 Å². The second-order valence-corrected chi connectivity index (χ2v) is 7.30. The molecule has 0 saturated heterocycles. The summed E-state index contributed by atoms with van der Waals surface area (Å²) < 4.78 is 26.0. The van der Waals surface area contributed by atoms with Crippen molar-refractivity contribution in [3.05, 3.63) is 30.0 Å². The van der Waals surface area contributed by atoms with E-state index in [1.807, 2.05) is 0 Å². The van der Waals surface area contributed by atoms with Crippen LogP contribution < -0.4 is 9.75 Å². The van der Waals surface area contributed by atoms with Crippen LogP contribution in [0.1, 0.15) is 33.4 Å². The van der Waals surface area contributed by atoms with Crippen molar-refractivity contribution in [2.45, 2.75) is 40.2 Å². The Kier molecular flexibility index (Phi) is 5.36. The second kappa shape index (κ2) is 7.61. The van der Waals surface area contributed by atoms with E-state index in [0.717, 1.165) is 6.20 Å². The Labute approximate surface area is 167 Å². The normalized spacial score (nSPS) is 11.6. The van der Waals surface area contributed by atoms with Gasteiger partial charge in [-0.3, -0.25) is 4.98 Å². The highest BCUT2D eigenvalue weighted by atomic mass is 19.1. The monoisotopic (exact) mass is 402 g/mol. The van der Waals surface area contributed by atoms with Gasteiger partial charge in [0.2, 0.25) is 0 Å². The van der Waals surface area contributed by atoms with Gasteiger partial charge in [-0.05, 0) is 40.7 Å². The van der Waals surface area contributed by atoms with Crippen LogP contribution in [0.5, 0.6) is 6.01 Å². The van der Waals surface area contributed by atoms with Gasteiger partial charge in [-0.15, -0.1) is 0 Å². The van der Waals surface area contributed by atoms with Crippen LogP contribution in [-0.4, -0.2) is 50.0 Å². The van der Waals surface area contributed by atoms with E-state index in [1.165, 1.54) is 29.1 Å². The number of carbonyl (C=O) groups is 1. The fourth-order valence-corrected chi connectivity index (χ4v) is 2.77. The van der Waals surface area contributed by atoms with Crippen LogP contribution in [0.15, 0.2) is 18.5 Å². The number of pyridine rings is 1. The minimum Gasteiger partial charge on any atom is -0.467 e. The Hall–Kier alpha value is -3.30. The molecular formula is C19H23FN6O3. The number of rotatable bonds is 4. The van der Waals surface area contributed by atoms with Crippen LogP contribution in [-0.2, 0) is 4.74 Å². The maximum Gasteiger partial charge on any atom is 0.429 e. The molecule has 0 aliphatic heterocycles. The predicted octanol–water partition coefficient (Wildman–Crippen LogP) is 3.24. The fraction of sp³-hybridized carbons (Fsp3) is 0.421. The number of ether oxygens (including phenoxy) is 2. The van der Waals surface area contributed by atoms with Gasteiger partial charge in [-0.25, -0.2) is 23.9 Å². The van der Waals surface area contributed by atoms with Crippen molar-refractivity contribution in [1.29, 1.82) is 0 Å². The van der Waals surface area contributed by atoms with Gasteiger partial charge >= 0.3 is 12.1 Å². The van der Waals surface area contributed by atoms with E-state index in [1.54, 1.807) is 34.6 Å². The molecule has 10 heteroatoms. The van der Waals surface area contributed by atoms with Crippen molar-refractivity contribution in [1.82, 2.24) is 24.6 Å². The lowest BCUT2D eigenvalue weighted by molar-refractivity contribution is 0.0543. The molecule has 3 heterocycles. The summed E-state index contributed by atoms with van der Waals surface area (Å²) in [6.07, 6.45) is 1.96. The molecule has 0 aliphatic rings. The predicted molar refractivity (Wildman–Crippen MR) is 105 cm³/mol. The van der Waals surface area contributed by atoms with Gasteiger partial charge in [-0.2, -0.15) is 9.97 Å². The van der Waals surface area contributed by atoms with E-state index in [4.69, 9.17) is 9.47 Å². The van der Waals surface area contributed by atoms with Crippen LogP contribution in [0.2, 0.25) is 0 Å². The van der Waals surface area contributed by atoms with Crippen molar-refractivity contribution >= 4 is 17.3 Å². The lowest BCUT2D eigenvalue weighted by Crippen LogP contribution is -2.44. The topological polar surface area (TPSA) is 95.3 Å². The van der Waals surface area contributed by atoms with Gasteiger partial charge in [0.15, 0.2) is 11.5 Å². The number of halogens is 1. The first-order valence-corrected chi connectivity index (χ1v) is 9.07. The summed E-state index contributed by atoms with van der Waals surface area (Å²) in [7, 11) is 1.45. The summed E-state index contributed by atoms with van der Waals surface area (Å²) in [6.45, 7) is 9.11. The van der Waals surface area contributed by atoms with Crippen molar-refractivity contribution in [3.63, 3.8) is 0 Å². The van der Waals surface area contributed by atoms with Gasteiger partial charge in [0.1, 0.15) is 16.9 Å². The van der Waals surface area contributed by atoms with Crippen molar-refractivity contribution in [2.75, 3.05) is 18.7 Å². The molecule has 0 N–H and O–H groups in total. The summed E-state index contributed by atoms with van der Waals surface area (Å²) in [5.74, 6) is -0.243. The molecule has 0 aliphatic carbocycles. The van der Waals surface area contributed by atoms with Crippen LogP contribution in [0.4, 0.5) is 9.18 Å². The molecule has 0 unspecified atom stereocenters. The van der Waals surface area contributed by atoms with Crippen LogP contribution >= 0.6 is 0 Å². The molecule has 154 valence electrons. The number of aromatic nitrogens is 5. The molecular weight excluding hydrogens is 379 g/mol. The number of hydrogen-bond acceptors (Lipinski definition) is 7. The minimum atomic E-state index is -0.704. The van der Waals surface area contributed by atoms with Crippen molar-refractivity contribution < 1.29 is 18.7 Å². The number of methoxy groups -OCH3 is 1. The van der Waals surface area contributed by atoms with Gasteiger partial charge in [0.05, 0.1) is 19.0 Å². The van der Waals surface area contributed by atoms with E-state index in [0.29, 0.717) is 22.4 Å². The molecule has 9 nitrogen and oxygen atoms in total. The van der Waals surface area contributed by atoms with E-state index in [9.17, 15) is 9.18 Å². The van der Waals surface area contributed by atoms with E-state index in [-0.39, 0.29) is 18.4 Å². The zero-order valence-corrected chi connectivity index (χ0v) is 17.2. The fourth-order valence-electron chi connectivity index (χ4n) is 2.77. The summed E-state index contributed by atoms with van der Waals surface area (Å²) in [4.78, 5) is 30.0. The Balaban J connectivity index is 2.30. The third-order valence-electron chi connectivity index (χ3n) is 3.93. The summed E-state index contributed by atoms with van der Waals surface area (Å²) in [5, 5.41) is 1.34. The van der Waals surface area contributed by atoms with Gasteiger partial charge in [0.25, 0.3) is 0 Å². The maximum atomic E-state index is 13.8. The molecule has 3 rings (SSSR count). The van der Waals surface area contributed by atoms with Crippen molar-refractivity contribution in [3.8, 4) is 17.4 Å². The molecule has 3 aromatic heterocycles. The van der Waals surface area contributed by atoms with Gasteiger partial charge < -0.3 is 9.47 Å². The Morgan fingerprint density at radius 2 is 1.97 bits per heavy atom. The third kappa shape index (κ3) is 4.10. The second-order valence-electron chi connectivity index (χ2n) is 7.30. The highest BCUT2D eigenvalue weighted by Gasteiger charge is 2.28. The standard InChI is InChI=1S/C19H23FN6O3/c1-7-25(18(27)29-19(3,4)5)26-15(12-8-13(20)10-21-9-12)23-14-11(2)22-17(28-6)24-16(14)26/h8-10H,7H2,1-6H3. The molecule has 29 heavy (non-hydrogen) atoms. The molecule has 0 aromatic carbocycles. The molecule has 0 bridgehead atoms. The highest BCUT2D eigenvalue weighted by Crippen LogP contribution is 2.27. The average Bonchev–Trinajstić information content (AvgIpc) is 3.01. The Morgan fingerprint density at radius 3 is 2.55 bits per heavy atom. The number of carbonyl (C=O) groups excluding carboxylic acids is 1. The number of imidazole rings is 1. The van der Waals surface area contributed by atoms with E-state index >= 15 is 0 Å². The van der Waals surface area contributed by atoms with Crippen LogP contribution in [0, 0.1) is 12.7 Å². The summed E-state index contributed by atoms with van der Waals surface area (Å²) in [5.41, 5.74) is 1.01. The first-order valence-electron chi connectivity index (χ1n) is 9.07. The molecule has 0 radical (unpaired) electrons. The smallest absolute Gasteiger partial charge is 0.429 e. The number of hydrogen-bond donors (Lipinski definition) is 0. The van der Waals surface area contributed by atoms with Crippen LogP contribution in [0.25, 0.3) is 22.6 Å². The summed E-state index contributed by atoms with van der Waals surface area (Å²) in [6, 6.07) is 1.41. The number of nitrogens with zero attached hydrogens (tertiary/aromatic N) is 6. The molecule has 0 saturated carbocycles. The molecule has 0 atom stereocenters. The number of fused-ring (bicyclic) bond motifs is 1. The Bertz CT molecular complexity index is 1060. The lowest BCUT2D eigenvalue weighted by Gasteiger charge is -2.28. The SMILES string of the molecule is CCN(C(=O)OC(C)(C)C)n1c(-c2cncc(F)c2)nc2c(C)nc(OC)nc21. The summed E-state index contributed by atoms with van der Waals surface area (Å²) >= 11 is 0. The number of aryl methyl sites for hydroxylation is 1. The maximum absolute atomic E-state index is 13.8. The largest absolute Gasteiger partial charge is 0.467 e. The quantitative estimate of drug-likeness (QED) is 0.661. The lowest BCUT2D eigenvalue weighted by atomic mass is 10.2. The molecule has 0 fully saturated rings. The minimum absolute atomic E-state index is 0.125. The first kappa shape index (κ1) is 20.4. The Morgan fingerprint density at radius 1 is 1.24 bits per heavy atom. The highest BCUT2D eigenvalue weighted by molar-refractivity contribution is 5.86. The van der Waals surface area contributed by atoms with Gasteiger partial charge in [-0.1, -0.05) is 0 Å². The number of amides is 1. The molecule has 0 spiro atoms. The van der Waals surface area contributed by atoms with Crippen molar-refractivity contribution in [2.24, 2.45) is 0 Å². The van der Waals surface area contributed by atoms with E-state index in [2.05, 4.69) is 19.9 Å². The van der Waals surface area contributed by atoms with Crippen LogP contribution in [0.3, 0.4) is 0 Å². The molecule has 1 amide bonds. The molecule has 3 aromatic rings. The first-order chi connectivity index (χ1) is 13.6. The zero-order valence-electron chi connectivity index (χ0n) is 17.2. The average molecular weight is 402 g/mol. The third-order valence-corrected chi connectivity index (χ3v) is 3.93.